The van der Waals surface area contributed by atoms with E-state index in [9.17, 15) is 19.5 Å². The molecule has 5 nitrogen and oxygen atoms in total. The molecule has 2 bridgehead atoms. The van der Waals surface area contributed by atoms with Gasteiger partial charge in [-0.15, -0.1) is 0 Å². The van der Waals surface area contributed by atoms with Gasteiger partial charge in [-0.3, -0.25) is 14.4 Å². The minimum Gasteiger partial charge on any atom is -0.458 e. The van der Waals surface area contributed by atoms with Gasteiger partial charge in [-0.05, 0) is 42.7 Å². The van der Waals surface area contributed by atoms with Gasteiger partial charge in [-0.2, -0.15) is 0 Å². The molecular formula is C23H28O5. The highest BCUT2D eigenvalue weighted by molar-refractivity contribution is 6.25. The Kier molecular flexibility index (Phi) is 3.30. The number of fused-ring (bicyclic) bond motifs is 2. The van der Waals surface area contributed by atoms with Crippen molar-refractivity contribution in [3.8, 4) is 0 Å². The van der Waals surface area contributed by atoms with E-state index in [1.54, 1.807) is 6.08 Å². The van der Waals surface area contributed by atoms with Crippen LogP contribution in [0.25, 0.3) is 0 Å². The number of ether oxygens (including phenoxy) is 1. The van der Waals surface area contributed by atoms with Gasteiger partial charge < -0.3 is 9.84 Å². The summed E-state index contributed by atoms with van der Waals surface area (Å²) in [5, 5.41) is 11.4. The number of allylic oxidation sites excluding steroid dienone is 2. The van der Waals surface area contributed by atoms with Crippen LogP contribution in [0.2, 0.25) is 0 Å². The Morgan fingerprint density at radius 2 is 1.86 bits per heavy atom. The smallest absolute Gasteiger partial charge is 0.317 e. The zero-order valence-electron chi connectivity index (χ0n) is 17.2. The summed E-state index contributed by atoms with van der Waals surface area (Å²) in [4.78, 5) is 40.5. The third-order valence-corrected chi connectivity index (χ3v) is 8.57. The van der Waals surface area contributed by atoms with E-state index in [4.69, 9.17) is 4.74 Å². The predicted octanol–water partition coefficient (Wildman–Crippen LogP) is 2.77. The average molecular weight is 384 g/mol. The van der Waals surface area contributed by atoms with Crippen molar-refractivity contribution < 1.29 is 24.2 Å². The summed E-state index contributed by atoms with van der Waals surface area (Å²) in [6.07, 6.45) is 2.21. The van der Waals surface area contributed by atoms with Crippen LogP contribution in [0.15, 0.2) is 22.8 Å². The molecule has 0 aromatic carbocycles. The highest BCUT2D eigenvalue weighted by Gasteiger charge is 2.77. The van der Waals surface area contributed by atoms with E-state index in [-0.39, 0.29) is 34.8 Å². The molecule has 0 spiro atoms. The van der Waals surface area contributed by atoms with Gasteiger partial charge in [-0.25, -0.2) is 0 Å². The lowest BCUT2D eigenvalue weighted by molar-refractivity contribution is -0.151. The first-order valence-corrected chi connectivity index (χ1v) is 10.4. The fourth-order valence-electron chi connectivity index (χ4n) is 7.64. The molecule has 1 saturated heterocycles. The molecule has 4 aliphatic carbocycles. The van der Waals surface area contributed by atoms with Gasteiger partial charge in [-0.1, -0.05) is 39.7 Å². The highest BCUT2D eigenvalue weighted by Crippen LogP contribution is 2.71. The third kappa shape index (κ3) is 1.61. The van der Waals surface area contributed by atoms with Crippen LogP contribution in [-0.4, -0.2) is 34.9 Å². The van der Waals surface area contributed by atoms with Crippen molar-refractivity contribution >= 4 is 17.5 Å². The van der Waals surface area contributed by atoms with E-state index in [2.05, 4.69) is 13.8 Å². The maximum Gasteiger partial charge on any atom is 0.317 e. The second kappa shape index (κ2) is 5.05. The van der Waals surface area contributed by atoms with Crippen LogP contribution in [0, 0.1) is 34.0 Å². The van der Waals surface area contributed by atoms with E-state index >= 15 is 0 Å². The Balaban J connectivity index is 1.83. The van der Waals surface area contributed by atoms with Crippen LogP contribution in [0.3, 0.4) is 0 Å². The molecule has 28 heavy (non-hydrogen) atoms. The molecule has 1 aliphatic heterocycles. The van der Waals surface area contributed by atoms with E-state index in [1.807, 2.05) is 20.8 Å². The summed E-state index contributed by atoms with van der Waals surface area (Å²) in [7, 11) is 0. The molecule has 0 aromatic rings. The number of rotatable bonds is 1. The first kappa shape index (κ1) is 18.3. The maximum atomic E-state index is 14.0. The quantitative estimate of drug-likeness (QED) is 0.555. The molecule has 5 heteroatoms. The average Bonchev–Trinajstić information content (AvgIpc) is 3.13. The number of hydrogen-bond donors (Lipinski definition) is 1. The molecule has 1 heterocycles. The number of aliphatic hydroxyl groups is 1. The molecule has 1 saturated carbocycles. The van der Waals surface area contributed by atoms with Crippen molar-refractivity contribution in [1.29, 1.82) is 0 Å². The number of Topliss-reactive ketones (excluding diaryl/α,β-unsaturated/α-hetero) is 1. The van der Waals surface area contributed by atoms with E-state index in [0.717, 1.165) is 18.4 Å². The molecular weight excluding hydrogens is 356 g/mol. The lowest BCUT2D eigenvalue weighted by Gasteiger charge is -2.51. The fraction of sp³-hybridized carbons (Fsp3) is 0.696. The SMILES string of the molecule is CC1=CC(=O)[C@@]2(C(C)C)C(=O)C3=C([C@@H]12)[C@@H](O)[C@H]1OC(=O)[C@@]32CCCC(C)(C)[C@H]12. The lowest BCUT2D eigenvalue weighted by atomic mass is 9.49. The molecule has 150 valence electrons. The van der Waals surface area contributed by atoms with Crippen LogP contribution in [-0.2, 0) is 19.1 Å². The van der Waals surface area contributed by atoms with Crippen LogP contribution in [0.5, 0.6) is 0 Å². The Morgan fingerprint density at radius 3 is 2.50 bits per heavy atom. The zero-order chi connectivity index (χ0) is 20.4. The van der Waals surface area contributed by atoms with Gasteiger partial charge in [0.1, 0.15) is 23.0 Å². The van der Waals surface area contributed by atoms with Crippen LogP contribution >= 0.6 is 0 Å². The number of ketones is 2. The second-order valence-corrected chi connectivity index (χ2v) is 10.5. The Labute approximate surface area is 165 Å². The molecule has 5 rings (SSSR count). The minimum atomic E-state index is -1.21. The number of esters is 1. The lowest BCUT2D eigenvalue weighted by Crippen LogP contribution is -2.55. The molecule has 2 fully saturated rings. The predicted molar refractivity (Wildman–Crippen MR) is 101 cm³/mol. The normalized spacial score (nSPS) is 45.8. The van der Waals surface area contributed by atoms with Gasteiger partial charge in [0.05, 0.1) is 0 Å². The molecule has 0 amide bonds. The van der Waals surface area contributed by atoms with Gasteiger partial charge in [0.25, 0.3) is 0 Å². The van der Waals surface area contributed by atoms with Crippen LogP contribution in [0.1, 0.15) is 53.9 Å². The standard InChI is InChI=1S/C23H28O5/c1-10(2)23-12(24)9-11(3)14(23)13-15(19(23)26)22-8-6-7-21(4,5)18(22)17(16(13)25)28-20(22)27/h9-10,14,16-18,25H,6-8H2,1-5H3/t14-,16-,17-,18+,22+,23-/m1/s1. The van der Waals surface area contributed by atoms with Crippen LogP contribution in [0.4, 0.5) is 0 Å². The summed E-state index contributed by atoms with van der Waals surface area (Å²) in [6.45, 7) is 9.87. The highest BCUT2D eigenvalue weighted by atomic mass is 16.6. The number of hydrogen-bond acceptors (Lipinski definition) is 5. The molecule has 0 radical (unpaired) electrons. The van der Waals surface area contributed by atoms with Crippen molar-refractivity contribution in [1.82, 2.24) is 0 Å². The van der Waals surface area contributed by atoms with Gasteiger partial charge >= 0.3 is 5.97 Å². The summed E-state index contributed by atoms with van der Waals surface area (Å²) < 4.78 is 5.77. The first-order valence-electron chi connectivity index (χ1n) is 10.4. The third-order valence-electron chi connectivity index (χ3n) is 8.57. The van der Waals surface area contributed by atoms with Gasteiger partial charge in [0, 0.05) is 17.4 Å². The monoisotopic (exact) mass is 384 g/mol. The summed E-state index contributed by atoms with van der Waals surface area (Å²) >= 11 is 0. The topological polar surface area (TPSA) is 80.7 Å². The molecule has 0 aromatic heterocycles. The number of carbonyl (C=O) groups excluding carboxylic acids is 3. The van der Waals surface area contributed by atoms with Crippen LogP contribution < -0.4 is 0 Å². The maximum absolute atomic E-state index is 14.0. The van der Waals surface area contributed by atoms with Gasteiger partial charge in [0.2, 0.25) is 0 Å². The summed E-state index contributed by atoms with van der Waals surface area (Å²) in [5.41, 5.74) is -0.606. The Bertz CT molecular complexity index is 906. The van der Waals surface area contributed by atoms with E-state index in [1.165, 1.54) is 0 Å². The van der Waals surface area contributed by atoms with Crippen molar-refractivity contribution in [2.75, 3.05) is 0 Å². The Hall–Kier alpha value is -1.75. The molecule has 5 aliphatic rings. The summed E-state index contributed by atoms with van der Waals surface area (Å²) in [6, 6.07) is 0. The molecule has 0 unspecified atom stereocenters. The largest absolute Gasteiger partial charge is 0.458 e. The first-order chi connectivity index (χ1) is 13.0. The second-order valence-electron chi connectivity index (χ2n) is 10.5. The Morgan fingerprint density at radius 1 is 1.18 bits per heavy atom. The number of carbonyl (C=O) groups is 3. The van der Waals surface area contributed by atoms with E-state index in [0.29, 0.717) is 17.6 Å². The minimum absolute atomic E-state index is 0.177. The van der Waals surface area contributed by atoms with E-state index < -0.39 is 29.0 Å². The van der Waals surface area contributed by atoms with Crippen molar-refractivity contribution in [3.63, 3.8) is 0 Å². The van der Waals surface area contributed by atoms with Crippen molar-refractivity contribution in [2.24, 2.45) is 34.0 Å². The molecule has 1 N–H and O–H groups in total. The fourth-order valence-corrected chi connectivity index (χ4v) is 7.64. The zero-order valence-corrected chi connectivity index (χ0v) is 17.2. The molecule has 6 atom stereocenters. The number of aliphatic hydroxyl groups excluding tert-OH is 1. The van der Waals surface area contributed by atoms with Gasteiger partial charge in [0.15, 0.2) is 11.6 Å². The van der Waals surface area contributed by atoms with Crippen molar-refractivity contribution in [2.45, 2.75) is 66.1 Å². The summed E-state index contributed by atoms with van der Waals surface area (Å²) in [5.74, 6) is -1.69. The van der Waals surface area contributed by atoms with Crippen molar-refractivity contribution in [3.05, 3.63) is 22.8 Å².